The minimum Gasteiger partial charge on any atom is -0.293 e. The van der Waals surface area contributed by atoms with E-state index in [2.05, 4.69) is 0 Å². The van der Waals surface area contributed by atoms with Gasteiger partial charge in [0.25, 0.3) is 5.91 Å². The molecule has 1 amide bonds. The number of rotatable bonds is 5. The molecule has 0 saturated heterocycles. The summed E-state index contributed by atoms with van der Waals surface area (Å²) >= 11 is 0. The maximum absolute atomic E-state index is 12.2. The summed E-state index contributed by atoms with van der Waals surface area (Å²) in [4.78, 5) is 11.5. The molecule has 1 rings (SSSR count). The van der Waals surface area contributed by atoms with Crippen LogP contribution >= 0.6 is 0 Å². The number of hydrazine groups is 1. The molecule has 7 heteroatoms. The minimum atomic E-state index is -3.56. The number of aryl methyl sites for hydroxylation is 3. The summed E-state index contributed by atoms with van der Waals surface area (Å²) < 4.78 is 25.6. The first-order chi connectivity index (χ1) is 9.22. The van der Waals surface area contributed by atoms with Crippen LogP contribution in [0.2, 0.25) is 0 Å². The number of amides is 1. The molecule has 6 nitrogen and oxygen atoms in total. The van der Waals surface area contributed by atoms with Gasteiger partial charge in [0.15, 0.2) is 0 Å². The predicted octanol–water partition coefficient (Wildman–Crippen LogP) is 0.758. The maximum atomic E-state index is 12.2. The van der Waals surface area contributed by atoms with E-state index in [0.29, 0.717) is 5.69 Å². The Kier molecular flexibility index (Phi) is 5.13. The van der Waals surface area contributed by atoms with Crippen molar-refractivity contribution < 1.29 is 13.2 Å². The average Bonchev–Trinajstić information content (AvgIpc) is 2.36. The monoisotopic (exact) mass is 299 g/mol. The molecule has 1 aromatic rings. The van der Waals surface area contributed by atoms with Gasteiger partial charge in [-0.2, -0.15) is 0 Å². The van der Waals surface area contributed by atoms with Crippen molar-refractivity contribution in [2.45, 2.75) is 27.7 Å². The van der Waals surface area contributed by atoms with Crippen LogP contribution in [0.3, 0.4) is 0 Å². The van der Waals surface area contributed by atoms with Crippen molar-refractivity contribution in [2.24, 2.45) is 5.84 Å². The zero-order valence-corrected chi connectivity index (χ0v) is 13.0. The number of hydrogen-bond donors (Lipinski definition) is 2. The molecule has 0 spiro atoms. The highest BCUT2D eigenvalue weighted by Crippen LogP contribution is 2.28. The van der Waals surface area contributed by atoms with Crippen molar-refractivity contribution in [3.05, 3.63) is 28.8 Å². The number of anilines is 1. The zero-order chi connectivity index (χ0) is 15.5. The van der Waals surface area contributed by atoms with Gasteiger partial charge in [-0.05, 0) is 38.8 Å². The lowest BCUT2D eigenvalue weighted by molar-refractivity contribution is -0.119. The van der Waals surface area contributed by atoms with E-state index in [4.69, 9.17) is 5.84 Å². The predicted molar refractivity (Wildman–Crippen MR) is 79.8 cm³/mol. The molecule has 0 saturated carbocycles. The summed E-state index contributed by atoms with van der Waals surface area (Å²) in [5, 5.41) is 0. The second-order valence-electron chi connectivity index (χ2n) is 4.72. The molecule has 0 unspecified atom stereocenters. The van der Waals surface area contributed by atoms with Gasteiger partial charge in [-0.3, -0.25) is 14.5 Å². The average molecular weight is 299 g/mol. The standard InChI is InChI=1S/C13H21N3O3S/c1-5-20(18,19)16(8-12(17)15-14)13-10(3)6-9(2)7-11(13)4/h6-7H,5,8,14H2,1-4H3,(H,15,17). The fourth-order valence-corrected chi connectivity index (χ4v) is 3.41. The van der Waals surface area contributed by atoms with E-state index in [1.54, 1.807) is 6.92 Å². The summed E-state index contributed by atoms with van der Waals surface area (Å²) in [7, 11) is -3.56. The normalized spacial score (nSPS) is 11.2. The van der Waals surface area contributed by atoms with Crippen LogP contribution in [-0.4, -0.2) is 26.6 Å². The van der Waals surface area contributed by atoms with Crippen LogP contribution in [0.1, 0.15) is 23.6 Å². The number of sulfonamides is 1. The number of benzene rings is 1. The first kappa shape index (κ1) is 16.5. The minimum absolute atomic E-state index is 0.0857. The number of carbonyl (C=O) groups is 1. The Labute approximate surface area is 120 Å². The van der Waals surface area contributed by atoms with Gasteiger partial charge in [0.05, 0.1) is 11.4 Å². The quantitative estimate of drug-likeness (QED) is 0.477. The van der Waals surface area contributed by atoms with Crippen LogP contribution in [0.15, 0.2) is 12.1 Å². The summed E-state index contributed by atoms with van der Waals surface area (Å²) in [6.45, 7) is 6.82. The number of nitrogens with two attached hydrogens (primary N) is 1. The van der Waals surface area contributed by atoms with Crippen molar-refractivity contribution in [1.29, 1.82) is 0 Å². The summed E-state index contributed by atoms with van der Waals surface area (Å²) in [6, 6.07) is 3.78. The molecule has 0 aliphatic heterocycles. The van der Waals surface area contributed by atoms with Crippen LogP contribution in [0.5, 0.6) is 0 Å². The molecular weight excluding hydrogens is 278 g/mol. The van der Waals surface area contributed by atoms with Crippen LogP contribution in [-0.2, 0) is 14.8 Å². The number of carbonyl (C=O) groups excluding carboxylic acids is 1. The third kappa shape index (κ3) is 3.49. The third-order valence-corrected chi connectivity index (χ3v) is 4.75. The Morgan fingerprint density at radius 2 is 1.75 bits per heavy atom. The molecule has 0 heterocycles. The first-order valence-electron chi connectivity index (χ1n) is 6.30. The third-order valence-electron chi connectivity index (χ3n) is 3.03. The highest BCUT2D eigenvalue weighted by molar-refractivity contribution is 7.92. The van der Waals surface area contributed by atoms with Crippen LogP contribution < -0.4 is 15.6 Å². The summed E-state index contributed by atoms with van der Waals surface area (Å²) in [6.07, 6.45) is 0. The lowest BCUT2D eigenvalue weighted by Crippen LogP contribution is -2.44. The molecule has 112 valence electrons. The Morgan fingerprint density at radius 1 is 1.25 bits per heavy atom. The van der Waals surface area contributed by atoms with E-state index >= 15 is 0 Å². The molecule has 0 aromatic heterocycles. The highest BCUT2D eigenvalue weighted by Gasteiger charge is 2.26. The van der Waals surface area contributed by atoms with Crippen LogP contribution in [0, 0.1) is 20.8 Å². The first-order valence-corrected chi connectivity index (χ1v) is 7.91. The Balaban J connectivity index is 3.42. The summed E-state index contributed by atoms with van der Waals surface area (Å²) in [5.74, 6) is 4.42. The smallest absolute Gasteiger partial charge is 0.254 e. The second kappa shape index (κ2) is 6.23. The largest absolute Gasteiger partial charge is 0.293 e. The zero-order valence-electron chi connectivity index (χ0n) is 12.2. The SMILES string of the molecule is CCS(=O)(=O)N(CC(=O)NN)c1c(C)cc(C)cc1C. The van der Waals surface area contributed by atoms with E-state index in [1.807, 2.05) is 38.3 Å². The van der Waals surface area contributed by atoms with Crippen LogP contribution in [0.4, 0.5) is 5.69 Å². The van der Waals surface area contributed by atoms with Gasteiger partial charge in [0, 0.05) is 0 Å². The molecule has 0 bridgehead atoms. The Morgan fingerprint density at radius 3 is 2.15 bits per heavy atom. The highest BCUT2D eigenvalue weighted by atomic mass is 32.2. The van der Waals surface area contributed by atoms with Gasteiger partial charge in [0.1, 0.15) is 6.54 Å². The van der Waals surface area contributed by atoms with Crippen molar-refractivity contribution in [1.82, 2.24) is 5.43 Å². The molecule has 0 aliphatic carbocycles. The van der Waals surface area contributed by atoms with Crippen molar-refractivity contribution in [3.8, 4) is 0 Å². The van der Waals surface area contributed by atoms with Gasteiger partial charge >= 0.3 is 0 Å². The fourth-order valence-electron chi connectivity index (χ4n) is 2.21. The van der Waals surface area contributed by atoms with Gasteiger partial charge in [-0.15, -0.1) is 0 Å². The van der Waals surface area contributed by atoms with E-state index in [-0.39, 0.29) is 12.3 Å². The van der Waals surface area contributed by atoms with Crippen molar-refractivity contribution >= 4 is 21.6 Å². The molecule has 0 aliphatic rings. The number of hydrogen-bond acceptors (Lipinski definition) is 4. The van der Waals surface area contributed by atoms with Crippen LogP contribution in [0.25, 0.3) is 0 Å². The Bertz CT molecular complexity index is 588. The fraction of sp³-hybridized carbons (Fsp3) is 0.462. The molecule has 0 radical (unpaired) electrons. The molecule has 3 N–H and O–H groups in total. The number of nitrogens with zero attached hydrogens (tertiary/aromatic N) is 1. The molecule has 0 fully saturated rings. The van der Waals surface area contributed by atoms with Gasteiger partial charge in [0.2, 0.25) is 10.0 Å². The van der Waals surface area contributed by atoms with Gasteiger partial charge in [-0.25, -0.2) is 14.3 Å². The van der Waals surface area contributed by atoms with E-state index in [0.717, 1.165) is 21.0 Å². The molecule has 0 atom stereocenters. The lowest BCUT2D eigenvalue weighted by atomic mass is 10.1. The van der Waals surface area contributed by atoms with Crippen molar-refractivity contribution in [3.63, 3.8) is 0 Å². The Hall–Kier alpha value is -1.60. The maximum Gasteiger partial charge on any atom is 0.254 e. The molecular formula is C13H21N3O3S. The van der Waals surface area contributed by atoms with Gasteiger partial charge in [-0.1, -0.05) is 17.7 Å². The lowest BCUT2D eigenvalue weighted by Gasteiger charge is -2.26. The van der Waals surface area contributed by atoms with E-state index < -0.39 is 15.9 Å². The van der Waals surface area contributed by atoms with Gasteiger partial charge < -0.3 is 0 Å². The van der Waals surface area contributed by atoms with Crippen molar-refractivity contribution in [2.75, 3.05) is 16.6 Å². The number of nitrogens with one attached hydrogen (secondary N) is 1. The topological polar surface area (TPSA) is 92.5 Å². The van der Waals surface area contributed by atoms with E-state index in [1.165, 1.54) is 0 Å². The summed E-state index contributed by atoms with van der Waals surface area (Å²) in [5.41, 5.74) is 5.17. The molecule has 20 heavy (non-hydrogen) atoms. The van der Waals surface area contributed by atoms with E-state index in [9.17, 15) is 13.2 Å². The second-order valence-corrected chi connectivity index (χ2v) is 6.90. The molecule has 1 aromatic carbocycles.